The Morgan fingerprint density at radius 3 is 3.09 bits per heavy atom. The van der Waals surface area contributed by atoms with Crippen LogP contribution in [0.15, 0.2) is 44.4 Å². The van der Waals surface area contributed by atoms with E-state index in [4.69, 9.17) is 9.15 Å². The molecule has 116 valence electrons. The molecule has 7 heteroatoms. The summed E-state index contributed by atoms with van der Waals surface area (Å²) in [4.78, 5) is 4.18. The molecular weight excluding hydrogens is 353 g/mol. The third kappa shape index (κ3) is 3.09. The van der Waals surface area contributed by atoms with E-state index in [9.17, 15) is 4.39 Å². The quantitative estimate of drug-likeness (QED) is 0.646. The van der Waals surface area contributed by atoms with Gasteiger partial charge >= 0.3 is 0 Å². The van der Waals surface area contributed by atoms with Crippen molar-refractivity contribution in [1.82, 2.24) is 10.6 Å². The number of halogens is 2. The van der Waals surface area contributed by atoms with Gasteiger partial charge in [0.25, 0.3) is 0 Å². The fourth-order valence-corrected chi connectivity index (χ4v) is 2.63. The number of ether oxygens (including phenoxy) is 1. The first-order valence-corrected chi connectivity index (χ1v) is 7.58. The van der Waals surface area contributed by atoms with E-state index in [0.29, 0.717) is 29.3 Å². The second-order valence-electron chi connectivity index (χ2n) is 4.82. The highest BCUT2D eigenvalue weighted by molar-refractivity contribution is 9.10. The molecule has 2 heterocycles. The molecule has 2 N–H and O–H groups in total. The van der Waals surface area contributed by atoms with E-state index in [1.54, 1.807) is 19.4 Å². The van der Waals surface area contributed by atoms with Gasteiger partial charge in [0.15, 0.2) is 5.96 Å². The van der Waals surface area contributed by atoms with Crippen LogP contribution in [-0.4, -0.2) is 19.6 Å². The summed E-state index contributed by atoms with van der Waals surface area (Å²) < 4.78 is 24.7. The van der Waals surface area contributed by atoms with E-state index >= 15 is 0 Å². The summed E-state index contributed by atoms with van der Waals surface area (Å²) in [5.41, 5.74) is 0.897. The maximum absolute atomic E-state index is 13.5. The number of furan rings is 1. The van der Waals surface area contributed by atoms with E-state index in [1.165, 1.54) is 6.07 Å². The lowest BCUT2D eigenvalue weighted by atomic mass is 10.1. The molecule has 1 atom stereocenters. The van der Waals surface area contributed by atoms with Gasteiger partial charge in [-0.25, -0.2) is 4.39 Å². The van der Waals surface area contributed by atoms with Gasteiger partial charge in [-0.3, -0.25) is 4.99 Å². The Morgan fingerprint density at radius 2 is 2.36 bits per heavy atom. The number of rotatable bonds is 3. The molecule has 0 aliphatic carbocycles. The van der Waals surface area contributed by atoms with Gasteiger partial charge in [-0.15, -0.1) is 0 Å². The monoisotopic (exact) mass is 367 g/mol. The van der Waals surface area contributed by atoms with Crippen molar-refractivity contribution in [3.05, 3.63) is 52.1 Å². The van der Waals surface area contributed by atoms with Crippen LogP contribution in [0.2, 0.25) is 0 Å². The molecule has 0 radical (unpaired) electrons. The molecule has 1 aliphatic heterocycles. The largest absolute Gasteiger partial charge is 0.491 e. The van der Waals surface area contributed by atoms with Crippen LogP contribution in [0.1, 0.15) is 17.4 Å². The fraction of sp³-hybridized carbons (Fsp3) is 0.267. The van der Waals surface area contributed by atoms with Gasteiger partial charge < -0.3 is 19.8 Å². The number of fused-ring (bicyclic) bond motifs is 1. The van der Waals surface area contributed by atoms with Crippen LogP contribution >= 0.6 is 15.9 Å². The molecule has 0 saturated heterocycles. The van der Waals surface area contributed by atoms with Gasteiger partial charge in [0.2, 0.25) is 0 Å². The minimum absolute atomic E-state index is 0.0882. The molecule has 2 aromatic rings. The average Bonchev–Trinajstić information content (AvgIpc) is 3.15. The highest BCUT2D eigenvalue weighted by Crippen LogP contribution is 2.35. The zero-order chi connectivity index (χ0) is 15.5. The van der Waals surface area contributed by atoms with Gasteiger partial charge in [-0.1, -0.05) is 0 Å². The third-order valence-electron chi connectivity index (χ3n) is 3.38. The summed E-state index contributed by atoms with van der Waals surface area (Å²) in [5.74, 6) is 1.66. The number of guanidine groups is 1. The Labute approximate surface area is 135 Å². The molecule has 0 fully saturated rings. The topological polar surface area (TPSA) is 58.8 Å². The average molecular weight is 368 g/mol. The van der Waals surface area contributed by atoms with Crippen molar-refractivity contribution < 1.29 is 13.5 Å². The smallest absolute Gasteiger partial charge is 0.191 e. The molecule has 0 saturated carbocycles. The van der Waals surface area contributed by atoms with Crippen LogP contribution < -0.4 is 15.4 Å². The van der Waals surface area contributed by atoms with Crippen molar-refractivity contribution in [3.8, 4) is 5.75 Å². The number of aliphatic imine (C=N–C) groups is 1. The van der Waals surface area contributed by atoms with E-state index in [0.717, 1.165) is 11.3 Å². The molecule has 1 aromatic carbocycles. The standard InChI is InChI=1S/C15H15BrFN3O2/c1-18-15(19-7-9-3-2-4-21-9)20-13-8-22-14-6-12(17)11(16)5-10(13)14/h2-6,13H,7-8H2,1H3,(H2,18,19,20). The SMILES string of the molecule is CN=C(NCc1ccco1)NC1COc2cc(F)c(Br)cc21. The van der Waals surface area contributed by atoms with Crippen molar-refractivity contribution in [1.29, 1.82) is 0 Å². The first kappa shape index (κ1) is 14.9. The highest BCUT2D eigenvalue weighted by atomic mass is 79.9. The molecule has 0 bridgehead atoms. The van der Waals surface area contributed by atoms with Crippen LogP contribution in [0.4, 0.5) is 4.39 Å². The van der Waals surface area contributed by atoms with Crippen LogP contribution in [0.3, 0.4) is 0 Å². The Balaban J connectivity index is 1.67. The Kier molecular flexibility index (Phi) is 4.33. The summed E-state index contributed by atoms with van der Waals surface area (Å²) in [5, 5.41) is 6.42. The second kappa shape index (κ2) is 6.39. The number of hydrogen-bond donors (Lipinski definition) is 2. The predicted octanol–water partition coefficient (Wildman–Crippen LogP) is 2.98. The van der Waals surface area contributed by atoms with Crippen molar-refractivity contribution in [2.45, 2.75) is 12.6 Å². The van der Waals surface area contributed by atoms with Gasteiger partial charge in [0.05, 0.1) is 23.3 Å². The highest BCUT2D eigenvalue weighted by Gasteiger charge is 2.26. The van der Waals surface area contributed by atoms with Crippen molar-refractivity contribution in [3.63, 3.8) is 0 Å². The third-order valence-corrected chi connectivity index (χ3v) is 3.99. The summed E-state index contributed by atoms with van der Waals surface area (Å²) in [6.07, 6.45) is 1.63. The van der Waals surface area contributed by atoms with Crippen LogP contribution in [0, 0.1) is 5.82 Å². The molecule has 0 spiro atoms. The minimum atomic E-state index is -0.334. The Hall–Kier alpha value is -2.02. The first-order chi connectivity index (χ1) is 10.7. The molecule has 0 amide bonds. The number of hydrogen-bond acceptors (Lipinski definition) is 3. The summed E-state index contributed by atoms with van der Waals surface area (Å²) >= 11 is 3.20. The normalized spacial score (nSPS) is 17.0. The predicted molar refractivity (Wildman–Crippen MR) is 84.4 cm³/mol. The number of nitrogens with one attached hydrogen (secondary N) is 2. The lowest BCUT2D eigenvalue weighted by Crippen LogP contribution is -2.39. The van der Waals surface area contributed by atoms with Gasteiger partial charge in [-0.2, -0.15) is 0 Å². The van der Waals surface area contributed by atoms with Crippen molar-refractivity contribution >= 4 is 21.9 Å². The van der Waals surface area contributed by atoms with Crippen LogP contribution in [0.5, 0.6) is 5.75 Å². The molecule has 3 rings (SSSR count). The van der Waals surface area contributed by atoms with E-state index < -0.39 is 0 Å². The zero-order valence-corrected chi connectivity index (χ0v) is 13.5. The van der Waals surface area contributed by atoms with Crippen LogP contribution in [-0.2, 0) is 6.54 Å². The van der Waals surface area contributed by atoms with E-state index in [2.05, 4.69) is 31.6 Å². The number of benzene rings is 1. The fourth-order valence-electron chi connectivity index (χ4n) is 2.27. The van der Waals surface area contributed by atoms with Gasteiger partial charge in [-0.05, 0) is 34.1 Å². The van der Waals surface area contributed by atoms with Crippen molar-refractivity contribution in [2.75, 3.05) is 13.7 Å². The molecule has 22 heavy (non-hydrogen) atoms. The molecule has 5 nitrogen and oxygen atoms in total. The second-order valence-corrected chi connectivity index (χ2v) is 5.67. The van der Waals surface area contributed by atoms with Gasteiger partial charge in [0, 0.05) is 18.7 Å². The van der Waals surface area contributed by atoms with Crippen LogP contribution in [0.25, 0.3) is 0 Å². The molecule has 1 aromatic heterocycles. The summed E-state index contributed by atoms with van der Waals surface area (Å²) in [7, 11) is 1.69. The van der Waals surface area contributed by atoms with E-state index in [-0.39, 0.29) is 11.9 Å². The maximum atomic E-state index is 13.5. The first-order valence-electron chi connectivity index (χ1n) is 6.78. The zero-order valence-electron chi connectivity index (χ0n) is 11.9. The minimum Gasteiger partial charge on any atom is -0.491 e. The lowest BCUT2D eigenvalue weighted by Gasteiger charge is -2.16. The Bertz CT molecular complexity index is 688. The summed E-state index contributed by atoms with van der Waals surface area (Å²) in [6.45, 7) is 0.951. The Morgan fingerprint density at radius 1 is 1.50 bits per heavy atom. The molecular formula is C15H15BrFN3O2. The molecule has 1 unspecified atom stereocenters. The summed E-state index contributed by atoms with van der Waals surface area (Å²) in [6, 6.07) is 6.75. The lowest BCUT2D eigenvalue weighted by molar-refractivity contribution is 0.322. The van der Waals surface area contributed by atoms with Gasteiger partial charge in [0.1, 0.15) is 23.9 Å². The van der Waals surface area contributed by atoms with E-state index in [1.807, 2.05) is 12.1 Å². The number of nitrogens with zero attached hydrogens (tertiary/aromatic N) is 1. The maximum Gasteiger partial charge on any atom is 0.191 e. The molecule has 1 aliphatic rings. The van der Waals surface area contributed by atoms with Crippen molar-refractivity contribution in [2.24, 2.45) is 4.99 Å².